The largest absolute Gasteiger partial charge is 0.362 e. The van der Waals surface area contributed by atoms with Crippen molar-refractivity contribution in [2.45, 2.75) is 32.1 Å². The van der Waals surface area contributed by atoms with Crippen LogP contribution in [0.5, 0.6) is 0 Å². The fourth-order valence-electron chi connectivity index (χ4n) is 3.18. The van der Waals surface area contributed by atoms with Gasteiger partial charge < -0.3 is 9.64 Å². The zero-order valence-electron chi connectivity index (χ0n) is 12.1. The number of amides is 1. The Morgan fingerprint density at radius 2 is 1.81 bits per heavy atom. The third-order valence-electron chi connectivity index (χ3n) is 4.43. The Hall–Kier alpha value is -2.13. The maximum absolute atomic E-state index is 12.9. The van der Waals surface area contributed by atoms with Gasteiger partial charge in [0.2, 0.25) is 0 Å². The SMILES string of the molecule is Cc1ccc(C(=O)N2c3ccccc3[C@@H]3O[C@@H]3[C@@H]2C)cc1. The van der Waals surface area contributed by atoms with Gasteiger partial charge in [0.1, 0.15) is 12.2 Å². The molecule has 0 saturated carbocycles. The van der Waals surface area contributed by atoms with Crippen molar-refractivity contribution in [3.8, 4) is 0 Å². The molecule has 0 unspecified atom stereocenters. The second-order valence-corrected chi connectivity index (χ2v) is 5.86. The number of carbonyl (C=O) groups excluding carboxylic acids is 1. The molecule has 0 N–H and O–H groups in total. The second-order valence-electron chi connectivity index (χ2n) is 5.86. The first-order valence-corrected chi connectivity index (χ1v) is 7.31. The number of carbonyl (C=O) groups is 1. The average molecular weight is 279 g/mol. The van der Waals surface area contributed by atoms with Crippen molar-refractivity contribution < 1.29 is 9.53 Å². The van der Waals surface area contributed by atoms with Crippen LogP contribution >= 0.6 is 0 Å². The number of anilines is 1. The number of para-hydroxylation sites is 1. The van der Waals surface area contributed by atoms with E-state index in [1.54, 1.807) is 0 Å². The minimum atomic E-state index is 0.0453. The van der Waals surface area contributed by atoms with E-state index in [4.69, 9.17) is 4.74 Å². The lowest BCUT2D eigenvalue weighted by atomic mass is 9.95. The molecule has 106 valence electrons. The number of epoxide rings is 1. The lowest BCUT2D eigenvalue weighted by molar-refractivity contribution is 0.0973. The molecule has 2 aliphatic rings. The van der Waals surface area contributed by atoms with Gasteiger partial charge in [0, 0.05) is 11.1 Å². The molecule has 1 fully saturated rings. The van der Waals surface area contributed by atoms with Crippen LogP contribution in [0.3, 0.4) is 0 Å². The summed E-state index contributed by atoms with van der Waals surface area (Å²) < 4.78 is 5.76. The Morgan fingerprint density at radius 1 is 1.10 bits per heavy atom. The minimum absolute atomic E-state index is 0.0453. The smallest absolute Gasteiger partial charge is 0.258 e. The van der Waals surface area contributed by atoms with Crippen molar-refractivity contribution in [1.29, 1.82) is 0 Å². The molecule has 0 bridgehead atoms. The quantitative estimate of drug-likeness (QED) is 0.749. The first-order chi connectivity index (χ1) is 10.2. The number of fused-ring (bicyclic) bond motifs is 3. The molecule has 1 amide bonds. The molecule has 3 heteroatoms. The van der Waals surface area contributed by atoms with Crippen LogP contribution in [-0.2, 0) is 4.74 Å². The van der Waals surface area contributed by atoms with E-state index in [1.807, 2.05) is 54.3 Å². The molecule has 3 atom stereocenters. The van der Waals surface area contributed by atoms with Crippen LogP contribution in [0.2, 0.25) is 0 Å². The fraction of sp³-hybridized carbons (Fsp3) is 0.278. The van der Waals surface area contributed by atoms with Gasteiger partial charge in [-0.2, -0.15) is 0 Å². The van der Waals surface area contributed by atoms with Crippen LogP contribution in [0.1, 0.15) is 34.5 Å². The number of nitrogens with zero attached hydrogens (tertiary/aromatic N) is 1. The Balaban J connectivity index is 1.77. The minimum Gasteiger partial charge on any atom is -0.362 e. The average Bonchev–Trinajstić information content (AvgIpc) is 3.29. The van der Waals surface area contributed by atoms with Gasteiger partial charge in [0.05, 0.1) is 11.7 Å². The van der Waals surface area contributed by atoms with Crippen LogP contribution < -0.4 is 4.90 Å². The standard InChI is InChI=1S/C18H17NO2/c1-11-7-9-13(10-8-11)18(20)19-12(2)16-17(21-16)14-5-3-4-6-15(14)19/h3-10,12,16-17H,1-2H3/t12-,16+,17-/m0/s1. The molecule has 2 heterocycles. The zero-order chi connectivity index (χ0) is 14.6. The lowest BCUT2D eigenvalue weighted by Crippen LogP contribution is -2.44. The number of rotatable bonds is 1. The molecule has 21 heavy (non-hydrogen) atoms. The van der Waals surface area contributed by atoms with Crippen molar-refractivity contribution >= 4 is 11.6 Å². The maximum atomic E-state index is 12.9. The van der Waals surface area contributed by atoms with Crippen molar-refractivity contribution in [3.05, 3.63) is 65.2 Å². The van der Waals surface area contributed by atoms with Crippen molar-refractivity contribution in [2.24, 2.45) is 0 Å². The van der Waals surface area contributed by atoms with Crippen LogP contribution in [0.25, 0.3) is 0 Å². The highest BCUT2D eigenvalue weighted by molar-refractivity contribution is 6.07. The number of hydrogen-bond acceptors (Lipinski definition) is 2. The topological polar surface area (TPSA) is 32.8 Å². The van der Waals surface area contributed by atoms with Crippen LogP contribution in [0.15, 0.2) is 48.5 Å². The van der Waals surface area contributed by atoms with Gasteiger partial charge in [0.15, 0.2) is 0 Å². The fourth-order valence-corrected chi connectivity index (χ4v) is 3.18. The van der Waals surface area contributed by atoms with Gasteiger partial charge in [-0.25, -0.2) is 0 Å². The molecule has 4 rings (SSSR count). The Bertz CT molecular complexity index is 707. The van der Waals surface area contributed by atoms with Crippen molar-refractivity contribution in [3.63, 3.8) is 0 Å². The highest BCUT2D eigenvalue weighted by Crippen LogP contribution is 2.51. The first-order valence-electron chi connectivity index (χ1n) is 7.31. The summed E-state index contributed by atoms with van der Waals surface area (Å²) in [5, 5.41) is 0. The van der Waals surface area contributed by atoms with E-state index in [-0.39, 0.29) is 24.2 Å². The first kappa shape index (κ1) is 12.6. The summed E-state index contributed by atoms with van der Waals surface area (Å²) in [6.45, 7) is 4.09. The van der Waals surface area contributed by atoms with Crippen molar-refractivity contribution in [1.82, 2.24) is 0 Å². The van der Waals surface area contributed by atoms with Crippen LogP contribution in [0, 0.1) is 6.92 Å². The molecule has 0 aliphatic carbocycles. The summed E-state index contributed by atoms with van der Waals surface area (Å²) in [7, 11) is 0. The summed E-state index contributed by atoms with van der Waals surface area (Å²) >= 11 is 0. The molecule has 3 nitrogen and oxygen atoms in total. The molecule has 2 aliphatic heterocycles. The van der Waals surface area contributed by atoms with E-state index in [0.717, 1.165) is 22.4 Å². The second kappa shape index (κ2) is 4.43. The molecular weight excluding hydrogens is 262 g/mol. The van der Waals surface area contributed by atoms with Crippen molar-refractivity contribution in [2.75, 3.05) is 4.90 Å². The Labute approximate surface area is 124 Å². The van der Waals surface area contributed by atoms with Gasteiger partial charge in [-0.05, 0) is 32.0 Å². The van der Waals surface area contributed by atoms with E-state index in [0.29, 0.717) is 0 Å². The van der Waals surface area contributed by atoms with E-state index in [9.17, 15) is 4.79 Å². The highest BCUT2D eigenvalue weighted by Gasteiger charge is 2.52. The van der Waals surface area contributed by atoms with Gasteiger partial charge in [-0.15, -0.1) is 0 Å². The predicted molar refractivity (Wildman–Crippen MR) is 81.5 cm³/mol. The normalized spacial score (nSPS) is 26.0. The highest BCUT2D eigenvalue weighted by atomic mass is 16.6. The molecule has 1 saturated heterocycles. The summed E-state index contributed by atoms with van der Waals surface area (Å²) in [5.41, 5.74) is 3.99. The van der Waals surface area contributed by atoms with E-state index < -0.39 is 0 Å². The molecular formula is C18H17NO2. The van der Waals surface area contributed by atoms with Gasteiger partial charge in [-0.1, -0.05) is 35.9 Å². The Morgan fingerprint density at radius 3 is 2.57 bits per heavy atom. The Kier molecular flexibility index (Phi) is 2.66. The van der Waals surface area contributed by atoms with Crippen LogP contribution in [-0.4, -0.2) is 18.1 Å². The van der Waals surface area contributed by atoms with Gasteiger partial charge in [-0.3, -0.25) is 4.79 Å². The number of ether oxygens (including phenoxy) is 1. The third-order valence-corrected chi connectivity index (χ3v) is 4.43. The van der Waals surface area contributed by atoms with Gasteiger partial charge in [0.25, 0.3) is 5.91 Å². The molecule has 0 aromatic heterocycles. The van der Waals surface area contributed by atoms with E-state index in [2.05, 4.69) is 13.0 Å². The molecule has 0 spiro atoms. The number of aryl methyl sites for hydroxylation is 1. The summed E-state index contributed by atoms with van der Waals surface area (Å²) in [5.74, 6) is 0.0453. The maximum Gasteiger partial charge on any atom is 0.258 e. The summed E-state index contributed by atoms with van der Waals surface area (Å²) in [6.07, 6.45) is 0.299. The van der Waals surface area contributed by atoms with Crippen LogP contribution in [0.4, 0.5) is 5.69 Å². The lowest BCUT2D eigenvalue weighted by Gasteiger charge is -2.33. The van der Waals surface area contributed by atoms with E-state index in [1.165, 1.54) is 0 Å². The zero-order valence-corrected chi connectivity index (χ0v) is 12.1. The van der Waals surface area contributed by atoms with E-state index >= 15 is 0 Å². The number of hydrogen-bond donors (Lipinski definition) is 0. The predicted octanol–water partition coefficient (Wildman–Crippen LogP) is 3.48. The molecule has 2 aromatic rings. The molecule has 2 aromatic carbocycles. The molecule has 0 radical (unpaired) electrons. The van der Waals surface area contributed by atoms with Gasteiger partial charge >= 0.3 is 0 Å². The summed E-state index contributed by atoms with van der Waals surface area (Å²) in [6, 6.07) is 15.9. The third kappa shape index (κ3) is 1.88. The number of benzene rings is 2. The summed E-state index contributed by atoms with van der Waals surface area (Å²) in [4.78, 5) is 14.8. The monoisotopic (exact) mass is 279 g/mol.